The van der Waals surface area contributed by atoms with E-state index in [1.807, 2.05) is 6.92 Å². The molecule has 0 spiro atoms. The number of aromatic hydroxyl groups is 2. The van der Waals surface area contributed by atoms with Crippen molar-refractivity contribution in [2.45, 2.75) is 37.6 Å². The van der Waals surface area contributed by atoms with E-state index in [-0.39, 0.29) is 40.4 Å². The first-order valence-corrected chi connectivity index (χ1v) is 7.40. The molecule has 4 rings (SSSR count). The summed E-state index contributed by atoms with van der Waals surface area (Å²) < 4.78 is 11.1. The summed E-state index contributed by atoms with van der Waals surface area (Å²) in [5.41, 5.74) is -0.331. The molecule has 0 unspecified atom stereocenters. The van der Waals surface area contributed by atoms with Crippen LogP contribution in [0.5, 0.6) is 17.2 Å². The highest BCUT2D eigenvalue weighted by atomic mass is 16.5. The van der Waals surface area contributed by atoms with Gasteiger partial charge in [-0.2, -0.15) is 0 Å². The van der Waals surface area contributed by atoms with Crippen LogP contribution in [0.15, 0.2) is 6.07 Å². The molecule has 3 N–H and O–H groups in total. The SMILES string of the molecule is COc1cc(O)c2c(c1O)[C@@H]1O[C@@]3(C)C[C@@H]1[C@H](C[C@H]3O)C2=O. The van der Waals surface area contributed by atoms with Crippen molar-refractivity contribution in [3.05, 3.63) is 17.2 Å². The number of methoxy groups -OCH3 is 1. The molecule has 2 bridgehead atoms. The van der Waals surface area contributed by atoms with Crippen molar-refractivity contribution in [3.8, 4) is 17.2 Å². The van der Waals surface area contributed by atoms with Gasteiger partial charge >= 0.3 is 0 Å². The van der Waals surface area contributed by atoms with E-state index >= 15 is 0 Å². The number of ketones is 1. The molecule has 6 heteroatoms. The monoisotopic (exact) mass is 306 g/mol. The van der Waals surface area contributed by atoms with E-state index < -0.39 is 17.8 Å². The molecule has 5 atom stereocenters. The number of ether oxygens (including phenoxy) is 2. The first kappa shape index (κ1) is 13.8. The van der Waals surface area contributed by atoms with Gasteiger partial charge in [0.05, 0.1) is 30.5 Å². The maximum atomic E-state index is 12.8. The number of hydrogen-bond acceptors (Lipinski definition) is 6. The lowest BCUT2D eigenvalue weighted by Gasteiger charge is -2.38. The zero-order chi connectivity index (χ0) is 15.8. The molecule has 1 aromatic rings. The summed E-state index contributed by atoms with van der Waals surface area (Å²) in [4.78, 5) is 12.8. The quantitative estimate of drug-likeness (QED) is 0.681. The fourth-order valence-electron chi connectivity index (χ4n) is 4.34. The lowest BCUT2D eigenvalue weighted by molar-refractivity contribution is -0.104. The van der Waals surface area contributed by atoms with E-state index in [1.165, 1.54) is 13.2 Å². The Morgan fingerprint density at radius 3 is 2.82 bits per heavy atom. The highest BCUT2D eigenvalue weighted by molar-refractivity contribution is 6.04. The van der Waals surface area contributed by atoms with Crippen molar-refractivity contribution >= 4 is 5.78 Å². The van der Waals surface area contributed by atoms with Gasteiger partial charge in [-0.05, 0) is 19.8 Å². The van der Waals surface area contributed by atoms with Gasteiger partial charge in [0.2, 0.25) is 0 Å². The predicted molar refractivity (Wildman–Crippen MR) is 75.1 cm³/mol. The van der Waals surface area contributed by atoms with Crippen molar-refractivity contribution in [1.82, 2.24) is 0 Å². The standard InChI is InChI=1S/C16H18O6/c1-16-5-7-6(3-10(16)18)13(19)11-8(17)4-9(21-2)14(20)12(11)15(7)22-16/h4,6-7,10,15,17-18,20H,3,5H2,1-2H3/t6-,7+,10+,15+,16-/m0/s1. The van der Waals surface area contributed by atoms with E-state index in [0.29, 0.717) is 18.4 Å². The molecule has 22 heavy (non-hydrogen) atoms. The minimum atomic E-state index is -0.733. The Balaban J connectivity index is 1.97. The molecule has 1 heterocycles. The van der Waals surface area contributed by atoms with Crippen molar-refractivity contribution in [3.63, 3.8) is 0 Å². The third kappa shape index (κ3) is 1.49. The van der Waals surface area contributed by atoms with Crippen LogP contribution in [0.4, 0.5) is 0 Å². The summed E-state index contributed by atoms with van der Waals surface area (Å²) >= 11 is 0. The van der Waals surface area contributed by atoms with Gasteiger partial charge in [0.1, 0.15) is 5.75 Å². The molecule has 1 saturated carbocycles. The van der Waals surface area contributed by atoms with Gasteiger partial charge in [0, 0.05) is 23.5 Å². The minimum absolute atomic E-state index is 0.0918. The van der Waals surface area contributed by atoms with E-state index in [2.05, 4.69) is 0 Å². The number of fused-ring (bicyclic) bond motifs is 3. The van der Waals surface area contributed by atoms with Gasteiger partial charge in [0.15, 0.2) is 17.3 Å². The molecule has 118 valence electrons. The number of rotatable bonds is 1. The van der Waals surface area contributed by atoms with Crippen LogP contribution < -0.4 is 4.74 Å². The van der Waals surface area contributed by atoms with Crippen LogP contribution in [0.3, 0.4) is 0 Å². The number of hydrogen-bond donors (Lipinski definition) is 3. The summed E-state index contributed by atoms with van der Waals surface area (Å²) in [5, 5.41) is 31.0. The van der Waals surface area contributed by atoms with Crippen LogP contribution in [-0.4, -0.2) is 39.9 Å². The van der Waals surface area contributed by atoms with Crippen molar-refractivity contribution in [2.24, 2.45) is 11.8 Å². The van der Waals surface area contributed by atoms with Crippen molar-refractivity contribution in [2.75, 3.05) is 7.11 Å². The van der Waals surface area contributed by atoms with Crippen LogP contribution in [0.2, 0.25) is 0 Å². The molecule has 0 aromatic heterocycles. The van der Waals surface area contributed by atoms with Crippen LogP contribution in [0.25, 0.3) is 0 Å². The van der Waals surface area contributed by atoms with E-state index in [4.69, 9.17) is 9.47 Å². The number of aliphatic hydroxyl groups is 1. The van der Waals surface area contributed by atoms with Gasteiger partial charge < -0.3 is 24.8 Å². The molecular weight excluding hydrogens is 288 g/mol. The Labute approximate surface area is 127 Å². The maximum absolute atomic E-state index is 12.8. The van der Waals surface area contributed by atoms with Crippen LogP contribution >= 0.6 is 0 Å². The number of phenolic OH excluding ortho intramolecular Hbond substituents is 2. The molecule has 3 aliphatic rings. The second kappa shape index (κ2) is 4.14. The zero-order valence-corrected chi connectivity index (χ0v) is 12.4. The van der Waals surface area contributed by atoms with Gasteiger partial charge in [-0.25, -0.2) is 0 Å². The third-order valence-corrected chi connectivity index (χ3v) is 5.49. The Kier molecular flexibility index (Phi) is 2.61. The van der Waals surface area contributed by atoms with Gasteiger partial charge in [0.25, 0.3) is 0 Å². The second-order valence-electron chi connectivity index (χ2n) is 6.68. The Morgan fingerprint density at radius 1 is 1.41 bits per heavy atom. The molecular formula is C16H18O6. The average molecular weight is 306 g/mol. The van der Waals surface area contributed by atoms with Crippen LogP contribution in [-0.2, 0) is 4.74 Å². The van der Waals surface area contributed by atoms with Crippen molar-refractivity contribution < 1.29 is 29.6 Å². The summed E-state index contributed by atoms with van der Waals surface area (Å²) in [6.45, 7) is 1.83. The smallest absolute Gasteiger partial charge is 0.170 e. The topological polar surface area (TPSA) is 96.2 Å². The fourth-order valence-corrected chi connectivity index (χ4v) is 4.34. The molecule has 0 radical (unpaired) electrons. The van der Waals surface area contributed by atoms with Gasteiger partial charge in [-0.3, -0.25) is 4.79 Å². The fraction of sp³-hybridized carbons (Fsp3) is 0.562. The van der Waals surface area contributed by atoms with Gasteiger partial charge in [-0.1, -0.05) is 0 Å². The van der Waals surface area contributed by atoms with Crippen molar-refractivity contribution in [1.29, 1.82) is 0 Å². The Hall–Kier alpha value is -1.79. The molecule has 1 aliphatic heterocycles. The zero-order valence-electron chi connectivity index (χ0n) is 12.4. The number of phenols is 2. The largest absolute Gasteiger partial charge is 0.507 e. The number of Topliss-reactive ketones (excluding diaryl/α,β-unsaturated/α-hetero) is 1. The third-order valence-electron chi connectivity index (χ3n) is 5.49. The average Bonchev–Trinajstić information content (AvgIpc) is 2.80. The second-order valence-corrected chi connectivity index (χ2v) is 6.68. The number of aliphatic hydroxyl groups excluding tert-OH is 1. The predicted octanol–water partition coefficient (Wildman–Crippen LogP) is 1.52. The van der Waals surface area contributed by atoms with Crippen LogP contribution in [0, 0.1) is 11.8 Å². The summed E-state index contributed by atoms with van der Waals surface area (Å²) in [5.74, 6) is -0.992. The molecule has 2 aliphatic carbocycles. The van der Waals surface area contributed by atoms with E-state index in [1.54, 1.807) is 0 Å². The minimum Gasteiger partial charge on any atom is -0.507 e. The molecule has 1 aromatic carbocycles. The molecule has 1 saturated heterocycles. The normalized spacial score (nSPS) is 38.8. The summed E-state index contributed by atoms with van der Waals surface area (Å²) in [7, 11) is 1.38. The van der Waals surface area contributed by atoms with Gasteiger partial charge in [-0.15, -0.1) is 0 Å². The van der Waals surface area contributed by atoms with Crippen LogP contribution in [0.1, 0.15) is 41.8 Å². The van der Waals surface area contributed by atoms with E-state index in [0.717, 1.165) is 0 Å². The van der Waals surface area contributed by atoms with E-state index in [9.17, 15) is 20.1 Å². The molecule has 0 amide bonds. The summed E-state index contributed by atoms with van der Waals surface area (Å²) in [6, 6.07) is 1.24. The Morgan fingerprint density at radius 2 is 2.14 bits per heavy atom. The number of benzene rings is 1. The highest BCUT2D eigenvalue weighted by Crippen LogP contribution is 2.61. The highest BCUT2D eigenvalue weighted by Gasteiger charge is 2.61. The lowest BCUT2D eigenvalue weighted by Crippen LogP contribution is -2.45. The lowest BCUT2D eigenvalue weighted by atomic mass is 9.64. The maximum Gasteiger partial charge on any atom is 0.170 e. The first-order valence-electron chi connectivity index (χ1n) is 7.40. The Bertz CT molecular complexity index is 684. The first-order chi connectivity index (χ1) is 10.4. The summed E-state index contributed by atoms with van der Waals surface area (Å²) in [6.07, 6.45) is -0.363. The molecule has 2 fully saturated rings. The number of carbonyl (C=O) groups excluding carboxylic acids is 1. The number of carbonyl (C=O) groups is 1. The molecule has 6 nitrogen and oxygen atoms in total.